The molecule has 70 valence electrons. The van der Waals surface area contributed by atoms with Crippen LogP contribution in [0.1, 0.15) is 46.0 Å². The number of hydrogen-bond donors (Lipinski definition) is 1. The Labute approximate surface area is 75.7 Å². The van der Waals surface area contributed by atoms with E-state index >= 15 is 0 Å². The predicted octanol–water partition coefficient (Wildman–Crippen LogP) is 2.55. The lowest BCUT2D eigenvalue weighted by Gasteiger charge is -2.22. The number of nitrogens with two attached hydrogens (primary N) is 1. The van der Waals surface area contributed by atoms with Crippen LogP contribution < -0.4 is 5.73 Å². The van der Waals surface area contributed by atoms with Crippen LogP contribution in [0.5, 0.6) is 0 Å². The fourth-order valence-electron chi connectivity index (χ4n) is 3.11. The number of hydrogen-bond acceptors (Lipinski definition) is 1. The molecule has 0 amide bonds. The highest BCUT2D eigenvalue weighted by Crippen LogP contribution is 2.57. The van der Waals surface area contributed by atoms with E-state index in [1.807, 2.05) is 0 Å². The first kappa shape index (κ1) is 8.55. The van der Waals surface area contributed by atoms with Gasteiger partial charge in [-0.25, -0.2) is 0 Å². The van der Waals surface area contributed by atoms with Gasteiger partial charge in [-0.15, -0.1) is 0 Å². The van der Waals surface area contributed by atoms with Gasteiger partial charge < -0.3 is 5.73 Å². The fourth-order valence-corrected chi connectivity index (χ4v) is 3.11. The van der Waals surface area contributed by atoms with E-state index in [-0.39, 0.29) is 0 Å². The largest absolute Gasteiger partial charge is 0.327 e. The number of rotatable bonds is 1. The molecule has 2 N–H and O–H groups in total. The molecule has 2 aliphatic carbocycles. The Bertz CT molecular complexity index is 168. The Morgan fingerprint density at radius 3 is 2.00 bits per heavy atom. The lowest BCUT2D eigenvalue weighted by Crippen LogP contribution is -2.13. The molecule has 0 heterocycles. The van der Waals surface area contributed by atoms with Crippen LogP contribution in [0.2, 0.25) is 0 Å². The zero-order chi connectivity index (χ0) is 8.77. The first-order chi connectivity index (χ1) is 5.64. The topological polar surface area (TPSA) is 26.0 Å². The van der Waals surface area contributed by atoms with Crippen LogP contribution in [0.25, 0.3) is 0 Å². The van der Waals surface area contributed by atoms with E-state index in [2.05, 4.69) is 13.8 Å². The van der Waals surface area contributed by atoms with Crippen molar-refractivity contribution < 1.29 is 0 Å². The summed E-state index contributed by atoms with van der Waals surface area (Å²) < 4.78 is 0. The van der Waals surface area contributed by atoms with Crippen LogP contribution in [0.15, 0.2) is 0 Å². The van der Waals surface area contributed by atoms with Crippen LogP contribution in [0.3, 0.4) is 0 Å². The summed E-state index contributed by atoms with van der Waals surface area (Å²) in [6.07, 6.45) is 7.25. The van der Waals surface area contributed by atoms with Crippen LogP contribution in [-0.4, -0.2) is 6.04 Å². The molecule has 2 aliphatic rings. The molecule has 0 saturated heterocycles. The molecule has 2 rings (SSSR count). The van der Waals surface area contributed by atoms with Crippen molar-refractivity contribution in [3.63, 3.8) is 0 Å². The summed E-state index contributed by atoms with van der Waals surface area (Å²) in [7, 11) is 0. The monoisotopic (exact) mass is 167 g/mol. The SMILES string of the molecule is CC1(C)[C@@H](N)[C@@H]1C1CCCCC1. The zero-order valence-electron chi connectivity index (χ0n) is 8.34. The van der Waals surface area contributed by atoms with E-state index < -0.39 is 0 Å². The summed E-state index contributed by atoms with van der Waals surface area (Å²) in [4.78, 5) is 0. The van der Waals surface area contributed by atoms with Gasteiger partial charge in [-0.3, -0.25) is 0 Å². The first-order valence-electron chi connectivity index (χ1n) is 5.39. The van der Waals surface area contributed by atoms with E-state index in [4.69, 9.17) is 5.73 Å². The second kappa shape index (κ2) is 2.73. The minimum Gasteiger partial charge on any atom is -0.327 e. The van der Waals surface area contributed by atoms with Gasteiger partial charge in [0.05, 0.1) is 0 Å². The molecule has 12 heavy (non-hydrogen) atoms. The van der Waals surface area contributed by atoms with E-state index in [1.54, 1.807) is 0 Å². The van der Waals surface area contributed by atoms with Gasteiger partial charge in [0.15, 0.2) is 0 Å². The smallest absolute Gasteiger partial charge is 0.0130 e. The maximum Gasteiger partial charge on any atom is 0.0130 e. The van der Waals surface area contributed by atoms with Crippen molar-refractivity contribution >= 4 is 0 Å². The average Bonchev–Trinajstić information content (AvgIpc) is 2.53. The minimum absolute atomic E-state index is 0.460. The molecule has 0 aromatic rings. The third kappa shape index (κ3) is 1.19. The Morgan fingerprint density at radius 1 is 1.08 bits per heavy atom. The quantitative estimate of drug-likeness (QED) is 0.638. The highest BCUT2D eigenvalue weighted by Gasteiger charge is 2.58. The van der Waals surface area contributed by atoms with Crippen LogP contribution in [-0.2, 0) is 0 Å². The van der Waals surface area contributed by atoms with Gasteiger partial charge in [-0.05, 0) is 17.3 Å². The molecule has 0 radical (unpaired) electrons. The molecule has 1 heteroatoms. The third-order valence-electron chi connectivity index (χ3n) is 4.15. The summed E-state index contributed by atoms with van der Waals surface area (Å²) in [6, 6.07) is 0.501. The lowest BCUT2D eigenvalue weighted by atomic mass is 9.83. The standard InChI is InChI=1S/C11H21N/c1-11(2)9(10(11)12)8-6-4-3-5-7-8/h8-10H,3-7,12H2,1-2H3/t9-,10-/m0/s1. The third-order valence-corrected chi connectivity index (χ3v) is 4.15. The van der Waals surface area contributed by atoms with E-state index in [0.29, 0.717) is 11.5 Å². The molecule has 1 nitrogen and oxygen atoms in total. The summed E-state index contributed by atoms with van der Waals surface area (Å²) in [6.45, 7) is 4.66. The van der Waals surface area contributed by atoms with Crippen molar-refractivity contribution in [3.05, 3.63) is 0 Å². The maximum atomic E-state index is 6.08. The molecule has 2 atom stereocenters. The van der Waals surface area contributed by atoms with Crippen molar-refractivity contribution in [2.24, 2.45) is 23.0 Å². The minimum atomic E-state index is 0.460. The van der Waals surface area contributed by atoms with Gasteiger partial charge in [0, 0.05) is 6.04 Å². The highest BCUT2D eigenvalue weighted by molar-refractivity contribution is 5.11. The van der Waals surface area contributed by atoms with Crippen molar-refractivity contribution in [2.75, 3.05) is 0 Å². The van der Waals surface area contributed by atoms with Crippen molar-refractivity contribution in [3.8, 4) is 0 Å². The second-order valence-electron chi connectivity index (χ2n) is 5.27. The molecule has 2 saturated carbocycles. The van der Waals surface area contributed by atoms with Gasteiger partial charge >= 0.3 is 0 Å². The lowest BCUT2D eigenvalue weighted by molar-refractivity contribution is 0.290. The Kier molecular flexibility index (Phi) is 1.95. The van der Waals surface area contributed by atoms with Crippen LogP contribution in [0.4, 0.5) is 0 Å². The molecule has 0 aliphatic heterocycles. The molecule has 0 aromatic carbocycles. The molecule has 0 bridgehead atoms. The van der Waals surface area contributed by atoms with Gasteiger partial charge in [0.25, 0.3) is 0 Å². The van der Waals surface area contributed by atoms with Gasteiger partial charge in [-0.1, -0.05) is 46.0 Å². The molecular formula is C11H21N. The second-order valence-corrected chi connectivity index (χ2v) is 5.27. The molecule has 0 spiro atoms. The first-order valence-corrected chi connectivity index (χ1v) is 5.39. The van der Waals surface area contributed by atoms with Crippen molar-refractivity contribution in [2.45, 2.75) is 52.0 Å². The van der Waals surface area contributed by atoms with Crippen LogP contribution >= 0.6 is 0 Å². The van der Waals surface area contributed by atoms with Gasteiger partial charge in [0.2, 0.25) is 0 Å². The molecule has 0 aromatic heterocycles. The van der Waals surface area contributed by atoms with E-state index in [0.717, 1.165) is 11.8 Å². The summed E-state index contributed by atoms with van der Waals surface area (Å²) >= 11 is 0. The average molecular weight is 167 g/mol. The summed E-state index contributed by atoms with van der Waals surface area (Å²) in [5, 5.41) is 0. The van der Waals surface area contributed by atoms with E-state index in [9.17, 15) is 0 Å². The predicted molar refractivity (Wildman–Crippen MR) is 51.8 cm³/mol. The maximum absolute atomic E-state index is 6.08. The van der Waals surface area contributed by atoms with Crippen molar-refractivity contribution in [1.29, 1.82) is 0 Å². The summed E-state index contributed by atoms with van der Waals surface area (Å²) in [5.41, 5.74) is 6.54. The Morgan fingerprint density at radius 2 is 1.58 bits per heavy atom. The van der Waals surface area contributed by atoms with Crippen LogP contribution in [0, 0.1) is 17.3 Å². The summed E-state index contributed by atoms with van der Waals surface area (Å²) in [5.74, 6) is 1.81. The molecule has 0 unspecified atom stereocenters. The fraction of sp³-hybridized carbons (Fsp3) is 1.00. The molecular weight excluding hydrogens is 146 g/mol. The molecule has 2 fully saturated rings. The highest BCUT2D eigenvalue weighted by atomic mass is 14.8. The van der Waals surface area contributed by atoms with E-state index in [1.165, 1.54) is 32.1 Å². The normalized spacial score (nSPS) is 41.2. The Balaban J connectivity index is 1.93. The Hall–Kier alpha value is -0.0400. The van der Waals surface area contributed by atoms with Gasteiger partial charge in [-0.2, -0.15) is 0 Å². The zero-order valence-corrected chi connectivity index (χ0v) is 8.34. The van der Waals surface area contributed by atoms with Crippen molar-refractivity contribution in [1.82, 2.24) is 0 Å². The van der Waals surface area contributed by atoms with Gasteiger partial charge in [0.1, 0.15) is 0 Å².